The molecule has 0 heterocycles. The largest absolute Gasteiger partial charge is 0.461 e. The quantitative estimate of drug-likeness (QED) is 0.441. The Kier molecular flexibility index (Phi) is 4.20. The lowest BCUT2D eigenvalue weighted by Gasteiger charge is -2.06. The van der Waals surface area contributed by atoms with Crippen LogP contribution in [0.25, 0.3) is 0 Å². The van der Waals surface area contributed by atoms with E-state index in [1.54, 1.807) is 0 Å². The highest BCUT2D eigenvalue weighted by molar-refractivity contribution is 5.37. The molecule has 0 aromatic heterocycles. The summed E-state index contributed by atoms with van der Waals surface area (Å²) in [5.41, 5.74) is 5.03. The summed E-state index contributed by atoms with van der Waals surface area (Å²) in [5, 5.41) is 8.29. The molecule has 0 fully saturated rings. The Labute approximate surface area is 47.2 Å². The lowest BCUT2D eigenvalue weighted by atomic mass is 10.4. The van der Waals surface area contributed by atoms with E-state index in [9.17, 15) is 4.79 Å². The molecule has 0 aromatic rings. The molecule has 4 heteroatoms. The van der Waals surface area contributed by atoms with Crippen molar-refractivity contribution in [3.8, 4) is 0 Å². The van der Waals surface area contributed by atoms with E-state index in [1.807, 2.05) is 0 Å². The Morgan fingerprint density at radius 2 is 2.50 bits per heavy atom. The first kappa shape index (κ1) is 7.39. The molecule has 0 saturated carbocycles. The minimum Gasteiger partial charge on any atom is -0.461 e. The summed E-state index contributed by atoms with van der Waals surface area (Å²) >= 11 is 0. The number of hydrogen-bond donors (Lipinski definition) is 2. The molecule has 0 aromatic carbocycles. The van der Waals surface area contributed by atoms with Crippen molar-refractivity contribution < 1.29 is 14.6 Å². The van der Waals surface area contributed by atoms with Gasteiger partial charge in [0.2, 0.25) is 0 Å². The molecule has 0 amide bonds. The smallest absolute Gasteiger partial charge is 0.293 e. The third-order valence-electron chi connectivity index (χ3n) is 0.715. The molecule has 3 N–H and O–H groups in total. The molecule has 0 radical (unpaired) electrons. The average Bonchev–Trinajstić information content (AvgIpc) is 1.83. The first-order chi connectivity index (χ1) is 3.85. The molecular formula is C4H9NO3. The first-order valence-electron chi connectivity index (χ1n) is 2.25. The molecule has 0 aliphatic carbocycles. The van der Waals surface area contributed by atoms with E-state index in [0.29, 0.717) is 0 Å². The predicted molar refractivity (Wildman–Crippen MR) is 27.1 cm³/mol. The Morgan fingerprint density at radius 3 is 2.62 bits per heavy atom. The van der Waals surface area contributed by atoms with Gasteiger partial charge in [-0.1, -0.05) is 0 Å². The van der Waals surface area contributed by atoms with Gasteiger partial charge in [-0.3, -0.25) is 4.79 Å². The van der Waals surface area contributed by atoms with E-state index in [4.69, 9.17) is 10.8 Å². The summed E-state index contributed by atoms with van der Waals surface area (Å²) in [5.74, 6) is 0. The molecule has 0 spiro atoms. The fourth-order valence-corrected chi connectivity index (χ4v) is 0.252. The summed E-state index contributed by atoms with van der Waals surface area (Å²) in [7, 11) is 0. The average molecular weight is 119 g/mol. The van der Waals surface area contributed by atoms with Gasteiger partial charge in [-0.25, -0.2) is 0 Å². The van der Waals surface area contributed by atoms with Crippen LogP contribution in [0.4, 0.5) is 0 Å². The molecule has 48 valence electrons. The molecule has 0 bridgehead atoms. The maximum atomic E-state index is 9.54. The van der Waals surface area contributed by atoms with Crippen LogP contribution in [0.15, 0.2) is 0 Å². The van der Waals surface area contributed by atoms with Crippen molar-refractivity contribution in [1.29, 1.82) is 0 Å². The zero-order valence-electron chi connectivity index (χ0n) is 4.41. The van der Waals surface area contributed by atoms with Gasteiger partial charge in [0.1, 0.15) is 6.10 Å². The van der Waals surface area contributed by atoms with Gasteiger partial charge in [0, 0.05) is 6.54 Å². The van der Waals surface area contributed by atoms with Gasteiger partial charge in [0.05, 0.1) is 6.61 Å². The van der Waals surface area contributed by atoms with Crippen molar-refractivity contribution in [2.45, 2.75) is 6.10 Å². The number of carbonyl (C=O) groups is 1. The SMILES string of the molecule is NCC(CO)OC=O. The van der Waals surface area contributed by atoms with Crippen LogP contribution >= 0.6 is 0 Å². The molecular weight excluding hydrogens is 110 g/mol. The summed E-state index contributed by atoms with van der Waals surface area (Å²) < 4.78 is 4.28. The number of nitrogens with two attached hydrogens (primary N) is 1. The van der Waals surface area contributed by atoms with Crippen molar-refractivity contribution in [2.24, 2.45) is 5.73 Å². The van der Waals surface area contributed by atoms with Crippen LogP contribution in [0.1, 0.15) is 0 Å². The fraction of sp³-hybridized carbons (Fsp3) is 0.750. The molecule has 4 nitrogen and oxygen atoms in total. The number of hydrogen-bond acceptors (Lipinski definition) is 4. The first-order valence-corrected chi connectivity index (χ1v) is 2.25. The van der Waals surface area contributed by atoms with Crippen molar-refractivity contribution in [3.05, 3.63) is 0 Å². The highest BCUT2D eigenvalue weighted by Crippen LogP contribution is 1.81. The van der Waals surface area contributed by atoms with Gasteiger partial charge in [0.15, 0.2) is 0 Å². The number of rotatable bonds is 4. The van der Waals surface area contributed by atoms with Crippen molar-refractivity contribution in [2.75, 3.05) is 13.2 Å². The van der Waals surface area contributed by atoms with E-state index < -0.39 is 6.10 Å². The van der Waals surface area contributed by atoms with E-state index in [1.165, 1.54) is 0 Å². The zero-order valence-corrected chi connectivity index (χ0v) is 4.41. The molecule has 0 saturated heterocycles. The standard InChI is InChI=1S/C4H9NO3/c5-1-4(2-6)8-3-7/h3-4,6H,1-2,5H2. The van der Waals surface area contributed by atoms with Crippen LogP contribution < -0.4 is 5.73 Å². The second kappa shape index (κ2) is 4.55. The molecule has 0 aliphatic rings. The summed E-state index contributed by atoms with van der Waals surface area (Å²) in [6.45, 7) is 0.220. The normalized spacial score (nSPS) is 12.8. The second-order valence-corrected chi connectivity index (χ2v) is 1.27. The monoisotopic (exact) mass is 119 g/mol. The lowest BCUT2D eigenvalue weighted by Crippen LogP contribution is -2.26. The van der Waals surface area contributed by atoms with Crippen LogP contribution in [0.3, 0.4) is 0 Å². The molecule has 8 heavy (non-hydrogen) atoms. The molecule has 0 aliphatic heterocycles. The summed E-state index contributed by atoms with van der Waals surface area (Å²) in [6, 6.07) is 0. The molecule has 0 rings (SSSR count). The maximum absolute atomic E-state index is 9.54. The Bertz CT molecular complexity index is 62.3. The summed E-state index contributed by atoms with van der Waals surface area (Å²) in [6.07, 6.45) is -0.535. The van der Waals surface area contributed by atoms with Gasteiger partial charge in [-0.05, 0) is 0 Å². The van der Waals surface area contributed by atoms with Gasteiger partial charge in [-0.15, -0.1) is 0 Å². The second-order valence-electron chi connectivity index (χ2n) is 1.27. The minimum atomic E-state index is -0.535. The Balaban J connectivity index is 3.20. The van der Waals surface area contributed by atoms with Gasteiger partial charge < -0.3 is 15.6 Å². The van der Waals surface area contributed by atoms with Gasteiger partial charge >= 0.3 is 0 Å². The number of carbonyl (C=O) groups excluding carboxylic acids is 1. The third-order valence-corrected chi connectivity index (χ3v) is 0.715. The van der Waals surface area contributed by atoms with Crippen LogP contribution in [-0.4, -0.2) is 30.8 Å². The van der Waals surface area contributed by atoms with Crippen molar-refractivity contribution >= 4 is 6.47 Å². The van der Waals surface area contributed by atoms with E-state index >= 15 is 0 Å². The Hall–Kier alpha value is -0.610. The van der Waals surface area contributed by atoms with Gasteiger partial charge in [-0.2, -0.15) is 0 Å². The van der Waals surface area contributed by atoms with Crippen molar-refractivity contribution in [1.82, 2.24) is 0 Å². The maximum Gasteiger partial charge on any atom is 0.293 e. The number of aliphatic hydroxyl groups excluding tert-OH is 1. The highest BCUT2D eigenvalue weighted by atomic mass is 16.5. The van der Waals surface area contributed by atoms with Gasteiger partial charge in [0.25, 0.3) is 6.47 Å². The lowest BCUT2D eigenvalue weighted by molar-refractivity contribution is -0.134. The van der Waals surface area contributed by atoms with E-state index in [2.05, 4.69) is 4.74 Å². The molecule has 1 unspecified atom stereocenters. The van der Waals surface area contributed by atoms with E-state index in [0.717, 1.165) is 0 Å². The Morgan fingerprint density at radius 1 is 1.88 bits per heavy atom. The van der Waals surface area contributed by atoms with Crippen LogP contribution in [-0.2, 0) is 9.53 Å². The predicted octanol–water partition coefficient (Wildman–Crippen LogP) is -1.52. The van der Waals surface area contributed by atoms with E-state index in [-0.39, 0.29) is 19.6 Å². The number of aliphatic hydroxyl groups is 1. The molecule has 1 atom stereocenters. The number of ether oxygens (including phenoxy) is 1. The third kappa shape index (κ3) is 2.54. The topological polar surface area (TPSA) is 72.6 Å². The van der Waals surface area contributed by atoms with Crippen LogP contribution in [0.5, 0.6) is 0 Å². The zero-order chi connectivity index (χ0) is 6.41. The van der Waals surface area contributed by atoms with Crippen molar-refractivity contribution in [3.63, 3.8) is 0 Å². The van der Waals surface area contributed by atoms with Crippen LogP contribution in [0.2, 0.25) is 0 Å². The van der Waals surface area contributed by atoms with Crippen LogP contribution in [0, 0.1) is 0 Å². The minimum absolute atomic E-state index is 0.162. The fourth-order valence-electron chi connectivity index (χ4n) is 0.252. The summed E-state index contributed by atoms with van der Waals surface area (Å²) in [4.78, 5) is 9.54. The highest BCUT2D eigenvalue weighted by Gasteiger charge is 2.01.